The van der Waals surface area contributed by atoms with E-state index >= 15 is 0 Å². The fourth-order valence-corrected chi connectivity index (χ4v) is 2.11. The zero-order valence-electron chi connectivity index (χ0n) is 12.2. The SMILES string of the molecule is CC(C)NCc1ccccc1OCc1cc(Cl)ccc1F. The lowest BCUT2D eigenvalue weighted by Crippen LogP contribution is -2.22. The van der Waals surface area contributed by atoms with E-state index in [9.17, 15) is 4.39 Å². The summed E-state index contributed by atoms with van der Waals surface area (Å²) in [5.74, 6) is 0.446. The van der Waals surface area contributed by atoms with Crippen LogP contribution in [0.2, 0.25) is 5.02 Å². The summed E-state index contributed by atoms with van der Waals surface area (Å²) in [7, 11) is 0. The molecule has 0 aliphatic carbocycles. The third-order valence-corrected chi connectivity index (χ3v) is 3.30. The van der Waals surface area contributed by atoms with Crippen LogP contribution >= 0.6 is 11.6 Å². The van der Waals surface area contributed by atoms with Gasteiger partial charge in [-0.05, 0) is 24.3 Å². The van der Waals surface area contributed by atoms with Gasteiger partial charge >= 0.3 is 0 Å². The molecular weight excluding hydrogens is 289 g/mol. The number of benzene rings is 2. The van der Waals surface area contributed by atoms with Crippen LogP contribution in [0.25, 0.3) is 0 Å². The van der Waals surface area contributed by atoms with Crippen molar-refractivity contribution in [1.82, 2.24) is 5.32 Å². The predicted molar refractivity (Wildman–Crippen MR) is 84.2 cm³/mol. The number of para-hydroxylation sites is 1. The van der Waals surface area contributed by atoms with Gasteiger partial charge in [-0.15, -0.1) is 0 Å². The largest absolute Gasteiger partial charge is 0.488 e. The molecule has 0 saturated heterocycles. The first-order chi connectivity index (χ1) is 10.1. The molecule has 0 aliphatic heterocycles. The molecule has 112 valence electrons. The summed E-state index contributed by atoms with van der Waals surface area (Å²) >= 11 is 5.88. The number of hydrogen-bond donors (Lipinski definition) is 1. The van der Waals surface area contributed by atoms with Crippen LogP contribution in [0.4, 0.5) is 4.39 Å². The molecule has 4 heteroatoms. The fraction of sp³-hybridized carbons (Fsp3) is 0.294. The molecule has 2 rings (SSSR count). The summed E-state index contributed by atoms with van der Waals surface area (Å²) in [6.45, 7) is 5.05. The van der Waals surface area contributed by atoms with Gasteiger partial charge < -0.3 is 10.1 Å². The molecule has 0 aromatic heterocycles. The zero-order chi connectivity index (χ0) is 15.2. The highest BCUT2D eigenvalue weighted by molar-refractivity contribution is 6.30. The van der Waals surface area contributed by atoms with E-state index in [-0.39, 0.29) is 12.4 Å². The quantitative estimate of drug-likeness (QED) is 0.845. The Kier molecular flexibility index (Phi) is 5.59. The van der Waals surface area contributed by atoms with E-state index < -0.39 is 0 Å². The van der Waals surface area contributed by atoms with Crippen molar-refractivity contribution in [2.24, 2.45) is 0 Å². The summed E-state index contributed by atoms with van der Waals surface area (Å²) in [5, 5.41) is 3.85. The van der Waals surface area contributed by atoms with Crippen LogP contribution in [0.3, 0.4) is 0 Å². The summed E-state index contributed by atoms with van der Waals surface area (Å²) < 4.78 is 19.4. The van der Waals surface area contributed by atoms with Crippen molar-refractivity contribution in [3.63, 3.8) is 0 Å². The van der Waals surface area contributed by atoms with Crippen LogP contribution in [-0.2, 0) is 13.2 Å². The summed E-state index contributed by atoms with van der Waals surface area (Å²) in [4.78, 5) is 0. The standard InChI is InChI=1S/C17H19ClFNO/c1-12(2)20-10-13-5-3-4-6-17(13)21-11-14-9-15(18)7-8-16(14)19/h3-9,12,20H,10-11H2,1-2H3. The molecule has 0 fully saturated rings. The second kappa shape index (κ2) is 7.43. The topological polar surface area (TPSA) is 21.3 Å². The molecule has 21 heavy (non-hydrogen) atoms. The Bertz CT molecular complexity index is 601. The highest BCUT2D eigenvalue weighted by atomic mass is 35.5. The molecule has 0 unspecified atom stereocenters. The number of nitrogens with one attached hydrogen (secondary N) is 1. The van der Waals surface area contributed by atoms with Gasteiger partial charge in [0.15, 0.2) is 0 Å². The monoisotopic (exact) mass is 307 g/mol. The van der Waals surface area contributed by atoms with Gasteiger partial charge in [0.2, 0.25) is 0 Å². The van der Waals surface area contributed by atoms with Crippen molar-refractivity contribution in [2.75, 3.05) is 0 Å². The molecule has 2 nitrogen and oxygen atoms in total. The third kappa shape index (κ3) is 4.73. The molecule has 0 aliphatic rings. The van der Waals surface area contributed by atoms with Crippen molar-refractivity contribution in [2.45, 2.75) is 33.0 Å². The van der Waals surface area contributed by atoms with E-state index in [4.69, 9.17) is 16.3 Å². The van der Waals surface area contributed by atoms with E-state index in [1.54, 1.807) is 6.07 Å². The Hall–Kier alpha value is -1.58. The Morgan fingerprint density at radius 1 is 1.14 bits per heavy atom. The smallest absolute Gasteiger partial charge is 0.129 e. The summed E-state index contributed by atoms with van der Waals surface area (Å²) in [6.07, 6.45) is 0. The molecule has 0 heterocycles. The van der Waals surface area contributed by atoms with E-state index in [0.717, 1.165) is 11.3 Å². The van der Waals surface area contributed by atoms with Gasteiger partial charge in [-0.1, -0.05) is 43.6 Å². The second-order valence-electron chi connectivity index (χ2n) is 5.17. The summed E-state index contributed by atoms with van der Waals surface area (Å²) in [5.41, 5.74) is 1.50. The highest BCUT2D eigenvalue weighted by Gasteiger charge is 2.07. The average molecular weight is 308 g/mol. The van der Waals surface area contributed by atoms with Crippen LogP contribution in [0.15, 0.2) is 42.5 Å². The Balaban J connectivity index is 2.07. The van der Waals surface area contributed by atoms with Gasteiger partial charge in [0.05, 0.1) is 0 Å². The van der Waals surface area contributed by atoms with Crippen LogP contribution in [0, 0.1) is 5.82 Å². The van der Waals surface area contributed by atoms with Gasteiger partial charge in [-0.3, -0.25) is 0 Å². The van der Waals surface area contributed by atoms with Gasteiger partial charge in [-0.25, -0.2) is 4.39 Å². The first-order valence-corrected chi connectivity index (χ1v) is 7.32. The fourth-order valence-electron chi connectivity index (χ4n) is 1.91. The number of ether oxygens (including phenoxy) is 1. The average Bonchev–Trinajstić information content (AvgIpc) is 2.47. The molecule has 0 radical (unpaired) electrons. The lowest BCUT2D eigenvalue weighted by Gasteiger charge is -2.14. The minimum atomic E-state index is -0.308. The molecule has 0 bridgehead atoms. The van der Waals surface area contributed by atoms with Crippen LogP contribution in [-0.4, -0.2) is 6.04 Å². The maximum atomic E-state index is 13.7. The molecule has 0 atom stereocenters. The zero-order valence-corrected chi connectivity index (χ0v) is 13.0. The van der Waals surface area contributed by atoms with Crippen molar-refractivity contribution in [3.05, 3.63) is 64.4 Å². The molecule has 2 aromatic rings. The van der Waals surface area contributed by atoms with Gasteiger partial charge in [-0.2, -0.15) is 0 Å². The normalized spacial score (nSPS) is 10.9. The molecule has 1 N–H and O–H groups in total. The van der Waals surface area contributed by atoms with E-state index in [2.05, 4.69) is 19.2 Å². The van der Waals surface area contributed by atoms with E-state index in [1.165, 1.54) is 12.1 Å². The van der Waals surface area contributed by atoms with E-state index in [1.807, 2.05) is 24.3 Å². The molecular formula is C17H19ClFNO. The molecule has 0 spiro atoms. The Morgan fingerprint density at radius 2 is 1.90 bits per heavy atom. The lowest BCUT2D eigenvalue weighted by atomic mass is 10.2. The Labute approximate surface area is 129 Å². The second-order valence-corrected chi connectivity index (χ2v) is 5.60. The third-order valence-electron chi connectivity index (χ3n) is 3.06. The minimum Gasteiger partial charge on any atom is -0.488 e. The maximum absolute atomic E-state index is 13.7. The van der Waals surface area contributed by atoms with Crippen LogP contribution in [0.5, 0.6) is 5.75 Å². The van der Waals surface area contributed by atoms with Crippen LogP contribution in [0.1, 0.15) is 25.0 Å². The van der Waals surface area contributed by atoms with E-state index in [0.29, 0.717) is 23.2 Å². The maximum Gasteiger partial charge on any atom is 0.129 e. The highest BCUT2D eigenvalue weighted by Crippen LogP contribution is 2.21. The van der Waals surface area contributed by atoms with Gasteiger partial charge in [0, 0.05) is 28.7 Å². The van der Waals surface area contributed by atoms with Crippen molar-refractivity contribution in [1.29, 1.82) is 0 Å². The molecule has 0 amide bonds. The summed E-state index contributed by atoms with van der Waals surface area (Å²) in [6, 6.07) is 12.6. The van der Waals surface area contributed by atoms with Crippen molar-refractivity contribution in [3.8, 4) is 5.75 Å². The van der Waals surface area contributed by atoms with Crippen LogP contribution < -0.4 is 10.1 Å². The predicted octanol–water partition coefficient (Wildman–Crippen LogP) is 4.56. The Morgan fingerprint density at radius 3 is 2.67 bits per heavy atom. The molecule has 0 saturated carbocycles. The van der Waals surface area contributed by atoms with Gasteiger partial charge in [0.1, 0.15) is 18.2 Å². The minimum absolute atomic E-state index is 0.158. The first-order valence-electron chi connectivity index (χ1n) is 6.94. The number of hydrogen-bond acceptors (Lipinski definition) is 2. The number of rotatable bonds is 6. The van der Waals surface area contributed by atoms with Crippen molar-refractivity contribution < 1.29 is 9.13 Å². The van der Waals surface area contributed by atoms with Crippen molar-refractivity contribution >= 4 is 11.6 Å². The lowest BCUT2D eigenvalue weighted by molar-refractivity contribution is 0.295. The first kappa shape index (κ1) is 15.8. The van der Waals surface area contributed by atoms with Gasteiger partial charge in [0.25, 0.3) is 0 Å². The molecule has 2 aromatic carbocycles. The number of halogens is 2.